The lowest BCUT2D eigenvalue weighted by atomic mass is 9.98. The number of aromatic nitrogens is 1. The molecule has 1 aromatic rings. The van der Waals surface area contributed by atoms with Gasteiger partial charge in [0.05, 0.1) is 30.8 Å². The Morgan fingerprint density at radius 3 is 3.11 bits per heavy atom. The van der Waals surface area contributed by atoms with E-state index in [1.165, 1.54) is 0 Å². The number of amides is 1. The molecule has 1 aliphatic heterocycles. The third-order valence-corrected chi connectivity index (χ3v) is 3.00. The van der Waals surface area contributed by atoms with E-state index in [0.717, 1.165) is 11.3 Å². The molecule has 18 heavy (non-hydrogen) atoms. The molecular formula is C13H16N2O3. The first-order valence-corrected chi connectivity index (χ1v) is 6.04. The lowest BCUT2D eigenvalue weighted by molar-refractivity contribution is -0.143. The van der Waals surface area contributed by atoms with Gasteiger partial charge in [-0.05, 0) is 24.5 Å². The number of carbonyl (C=O) groups excluding carboxylic acids is 2. The Morgan fingerprint density at radius 2 is 2.39 bits per heavy atom. The molecular weight excluding hydrogens is 232 g/mol. The van der Waals surface area contributed by atoms with Gasteiger partial charge >= 0.3 is 5.97 Å². The lowest BCUT2D eigenvalue weighted by Gasteiger charge is -2.11. The molecule has 0 bridgehead atoms. The van der Waals surface area contributed by atoms with E-state index in [0.29, 0.717) is 25.1 Å². The Kier molecular flexibility index (Phi) is 3.60. The summed E-state index contributed by atoms with van der Waals surface area (Å²) in [5.74, 6) is -0.326. The summed E-state index contributed by atoms with van der Waals surface area (Å²) in [4.78, 5) is 27.2. The van der Waals surface area contributed by atoms with Crippen LogP contribution in [0.4, 0.5) is 0 Å². The van der Waals surface area contributed by atoms with Crippen molar-refractivity contribution in [1.29, 1.82) is 0 Å². The van der Waals surface area contributed by atoms with Crippen LogP contribution < -0.4 is 5.32 Å². The maximum atomic E-state index is 11.5. The molecule has 0 saturated carbocycles. The van der Waals surface area contributed by atoms with Crippen molar-refractivity contribution in [1.82, 2.24) is 10.3 Å². The fraction of sp³-hybridized carbons (Fsp3) is 0.462. The van der Waals surface area contributed by atoms with E-state index in [9.17, 15) is 9.59 Å². The first kappa shape index (κ1) is 12.5. The molecule has 1 aliphatic rings. The molecule has 0 spiro atoms. The molecule has 96 valence electrons. The van der Waals surface area contributed by atoms with Crippen LogP contribution in [0.15, 0.2) is 12.3 Å². The summed E-state index contributed by atoms with van der Waals surface area (Å²) < 4.78 is 4.91. The van der Waals surface area contributed by atoms with Gasteiger partial charge in [0.1, 0.15) is 0 Å². The molecule has 1 N–H and O–H groups in total. The van der Waals surface area contributed by atoms with Gasteiger partial charge in [-0.25, -0.2) is 0 Å². The predicted octanol–water partition coefficient (Wildman–Crippen LogP) is 1.38. The lowest BCUT2D eigenvalue weighted by Crippen LogP contribution is -2.12. The van der Waals surface area contributed by atoms with Crippen LogP contribution in [0.3, 0.4) is 0 Å². The first-order valence-electron chi connectivity index (χ1n) is 6.04. The summed E-state index contributed by atoms with van der Waals surface area (Å²) in [7, 11) is 0. The zero-order valence-electron chi connectivity index (χ0n) is 10.5. The quantitative estimate of drug-likeness (QED) is 0.817. The Bertz CT molecular complexity index is 485. The second-order valence-corrected chi connectivity index (χ2v) is 4.36. The second-order valence-electron chi connectivity index (χ2n) is 4.36. The number of carbonyl (C=O) groups is 2. The highest BCUT2D eigenvalue weighted by molar-refractivity contribution is 5.97. The highest BCUT2D eigenvalue weighted by Crippen LogP contribution is 2.23. The number of nitrogens with one attached hydrogen (secondary N) is 1. The first-order chi connectivity index (χ1) is 8.61. The van der Waals surface area contributed by atoms with E-state index >= 15 is 0 Å². The predicted molar refractivity (Wildman–Crippen MR) is 65.1 cm³/mol. The van der Waals surface area contributed by atoms with E-state index in [-0.39, 0.29) is 17.8 Å². The maximum absolute atomic E-state index is 11.5. The summed E-state index contributed by atoms with van der Waals surface area (Å²) in [6, 6.07) is 1.81. The monoisotopic (exact) mass is 248 g/mol. The Labute approximate surface area is 106 Å². The average molecular weight is 248 g/mol. The van der Waals surface area contributed by atoms with Crippen molar-refractivity contribution in [3.8, 4) is 0 Å². The molecule has 5 heteroatoms. The summed E-state index contributed by atoms with van der Waals surface area (Å²) in [5, 5.41) is 2.72. The fourth-order valence-corrected chi connectivity index (χ4v) is 1.96. The zero-order valence-corrected chi connectivity index (χ0v) is 10.5. The van der Waals surface area contributed by atoms with Gasteiger partial charge in [0, 0.05) is 6.20 Å². The topological polar surface area (TPSA) is 68.3 Å². The van der Waals surface area contributed by atoms with Crippen molar-refractivity contribution in [2.24, 2.45) is 0 Å². The number of fused-ring (bicyclic) bond motifs is 1. The molecule has 2 heterocycles. The second kappa shape index (κ2) is 5.16. The molecule has 0 aliphatic carbocycles. The van der Waals surface area contributed by atoms with E-state index < -0.39 is 0 Å². The molecule has 1 amide bonds. The number of hydrogen-bond acceptors (Lipinski definition) is 4. The summed E-state index contributed by atoms with van der Waals surface area (Å²) in [5.41, 5.74) is 2.27. The van der Waals surface area contributed by atoms with Gasteiger partial charge in [0.25, 0.3) is 5.91 Å². The van der Waals surface area contributed by atoms with Crippen molar-refractivity contribution >= 4 is 11.9 Å². The van der Waals surface area contributed by atoms with E-state index in [1.807, 2.05) is 13.0 Å². The minimum atomic E-state index is -0.227. The number of rotatable bonds is 4. The van der Waals surface area contributed by atoms with E-state index in [4.69, 9.17) is 4.74 Å². The third kappa shape index (κ3) is 2.50. The van der Waals surface area contributed by atoms with Crippen molar-refractivity contribution in [2.45, 2.75) is 32.7 Å². The van der Waals surface area contributed by atoms with Crippen molar-refractivity contribution in [2.75, 3.05) is 6.61 Å². The summed E-state index contributed by atoms with van der Waals surface area (Å²) >= 11 is 0. The molecule has 1 unspecified atom stereocenters. The average Bonchev–Trinajstić information content (AvgIpc) is 2.71. The highest BCUT2D eigenvalue weighted by atomic mass is 16.5. The van der Waals surface area contributed by atoms with Crippen molar-refractivity contribution in [3.63, 3.8) is 0 Å². The number of ether oxygens (including phenoxy) is 1. The van der Waals surface area contributed by atoms with Crippen molar-refractivity contribution in [3.05, 3.63) is 29.1 Å². The van der Waals surface area contributed by atoms with Gasteiger partial charge in [0.15, 0.2) is 0 Å². The van der Waals surface area contributed by atoms with E-state index in [1.54, 1.807) is 13.1 Å². The number of nitrogens with zero attached hydrogens (tertiary/aromatic N) is 1. The fourth-order valence-electron chi connectivity index (χ4n) is 1.96. The maximum Gasteiger partial charge on any atom is 0.306 e. The third-order valence-electron chi connectivity index (χ3n) is 3.00. The number of hydrogen-bond donors (Lipinski definition) is 1. The molecule has 1 aromatic heterocycles. The van der Waals surface area contributed by atoms with Crippen LogP contribution in [0.5, 0.6) is 0 Å². The van der Waals surface area contributed by atoms with Gasteiger partial charge in [-0.15, -0.1) is 0 Å². The van der Waals surface area contributed by atoms with Gasteiger partial charge in [0.2, 0.25) is 0 Å². The number of pyridine rings is 1. The molecule has 0 fully saturated rings. The minimum Gasteiger partial charge on any atom is -0.466 e. The Hall–Kier alpha value is -1.91. The van der Waals surface area contributed by atoms with Gasteiger partial charge in [-0.3, -0.25) is 14.6 Å². The van der Waals surface area contributed by atoms with Crippen LogP contribution in [0.1, 0.15) is 47.8 Å². The van der Waals surface area contributed by atoms with Crippen LogP contribution in [-0.2, 0) is 16.1 Å². The SMILES string of the molecule is CCOC(=O)CC(C)c1cnc2c(c1)C(=O)NC2. The summed E-state index contributed by atoms with van der Waals surface area (Å²) in [6.45, 7) is 4.58. The smallest absolute Gasteiger partial charge is 0.306 e. The van der Waals surface area contributed by atoms with Crippen LogP contribution in [-0.4, -0.2) is 23.5 Å². The van der Waals surface area contributed by atoms with Gasteiger partial charge < -0.3 is 10.1 Å². The molecule has 5 nitrogen and oxygen atoms in total. The zero-order chi connectivity index (χ0) is 13.1. The standard InChI is InChI=1S/C13H16N2O3/c1-3-18-12(16)4-8(2)9-5-10-11(14-6-9)7-15-13(10)17/h5-6,8H,3-4,7H2,1-2H3,(H,15,17). The van der Waals surface area contributed by atoms with Crippen molar-refractivity contribution < 1.29 is 14.3 Å². The Balaban J connectivity index is 2.12. The van der Waals surface area contributed by atoms with Gasteiger partial charge in [-0.1, -0.05) is 6.92 Å². The number of esters is 1. The minimum absolute atomic E-state index is 0.00440. The molecule has 2 rings (SSSR count). The van der Waals surface area contributed by atoms with Crippen LogP contribution in [0.25, 0.3) is 0 Å². The van der Waals surface area contributed by atoms with Crippen LogP contribution in [0.2, 0.25) is 0 Å². The largest absolute Gasteiger partial charge is 0.466 e. The highest BCUT2D eigenvalue weighted by Gasteiger charge is 2.22. The Morgan fingerprint density at radius 1 is 1.61 bits per heavy atom. The molecule has 0 saturated heterocycles. The molecule has 0 radical (unpaired) electrons. The molecule has 1 atom stereocenters. The van der Waals surface area contributed by atoms with Crippen LogP contribution in [0, 0.1) is 0 Å². The normalized spacial score (nSPS) is 14.9. The van der Waals surface area contributed by atoms with Crippen LogP contribution >= 0.6 is 0 Å². The van der Waals surface area contributed by atoms with E-state index in [2.05, 4.69) is 10.3 Å². The summed E-state index contributed by atoms with van der Waals surface area (Å²) in [6.07, 6.45) is 2.03. The van der Waals surface area contributed by atoms with Gasteiger partial charge in [-0.2, -0.15) is 0 Å². The molecule has 0 aromatic carbocycles.